The standard InChI is InChI=1S/C31H47N7O7/c1-6-8-10-20-13-14-23(28(42)35-21(9-7-2)25(40)29(43)34-18-11-12-18)38(20)30(44)26(31(3,4)5)36-24(39)17-33-27(41)22-15-19(37-45)16-32-22/h15-16,18,20-21,23,26,32H,6-14,17H2,1-5H3,(H,33,41)(H,34,43)(H,35,42)(H,36,39)/t20-,21-,23-,26+/m0/s1. The Bertz CT molecular complexity index is 1270. The van der Waals surface area contributed by atoms with Crippen LogP contribution >= 0.6 is 0 Å². The minimum absolute atomic E-state index is 0.000603. The van der Waals surface area contributed by atoms with E-state index < -0.39 is 65.4 Å². The van der Waals surface area contributed by atoms with Crippen molar-refractivity contribution in [3.05, 3.63) is 22.9 Å². The van der Waals surface area contributed by atoms with Gasteiger partial charge in [-0.1, -0.05) is 53.9 Å². The number of nitroso groups, excluding NO2 is 1. The van der Waals surface area contributed by atoms with Crippen molar-refractivity contribution in [1.29, 1.82) is 0 Å². The third-order valence-electron chi connectivity index (χ3n) is 8.14. The smallest absolute Gasteiger partial charge is 0.289 e. The van der Waals surface area contributed by atoms with Gasteiger partial charge in [-0.15, -0.1) is 4.91 Å². The first-order valence-electron chi connectivity index (χ1n) is 15.9. The molecule has 1 saturated carbocycles. The van der Waals surface area contributed by atoms with E-state index in [1.165, 1.54) is 12.3 Å². The first-order valence-corrected chi connectivity index (χ1v) is 15.9. The van der Waals surface area contributed by atoms with E-state index in [1.807, 2.05) is 13.8 Å². The number of carbonyl (C=O) groups excluding carboxylic acids is 6. The quantitative estimate of drug-likeness (QED) is 0.136. The minimum atomic E-state index is -1.03. The van der Waals surface area contributed by atoms with E-state index in [0.29, 0.717) is 25.7 Å². The fraction of sp³-hybridized carbons (Fsp3) is 0.677. The molecule has 0 aromatic carbocycles. The van der Waals surface area contributed by atoms with Crippen molar-refractivity contribution in [2.24, 2.45) is 10.6 Å². The summed E-state index contributed by atoms with van der Waals surface area (Å²) in [6.07, 6.45) is 7.11. The number of likely N-dealkylation sites (tertiary alicyclic amines) is 1. The summed E-state index contributed by atoms with van der Waals surface area (Å²) in [6.45, 7) is 8.84. The number of aromatic nitrogens is 1. The van der Waals surface area contributed by atoms with Crippen LogP contribution in [0.15, 0.2) is 17.4 Å². The molecular weight excluding hydrogens is 582 g/mol. The molecule has 2 aliphatic rings. The minimum Gasteiger partial charge on any atom is -0.355 e. The van der Waals surface area contributed by atoms with E-state index in [1.54, 1.807) is 25.7 Å². The largest absolute Gasteiger partial charge is 0.355 e. The average molecular weight is 630 g/mol. The lowest BCUT2D eigenvalue weighted by Crippen LogP contribution is -2.61. The van der Waals surface area contributed by atoms with Crippen LogP contribution < -0.4 is 21.3 Å². The van der Waals surface area contributed by atoms with Gasteiger partial charge in [-0.2, -0.15) is 0 Å². The Hall–Kier alpha value is -4.10. The van der Waals surface area contributed by atoms with E-state index in [0.717, 1.165) is 25.7 Å². The molecule has 0 spiro atoms. The first-order chi connectivity index (χ1) is 21.3. The number of H-pyrrole nitrogens is 1. The normalized spacial score (nSPS) is 19.3. The maximum Gasteiger partial charge on any atom is 0.289 e. The van der Waals surface area contributed by atoms with Crippen molar-refractivity contribution in [1.82, 2.24) is 31.2 Å². The van der Waals surface area contributed by atoms with Crippen LogP contribution in [0.3, 0.4) is 0 Å². The highest BCUT2D eigenvalue weighted by molar-refractivity contribution is 6.38. The Morgan fingerprint density at radius 3 is 2.31 bits per heavy atom. The van der Waals surface area contributed by atoms with Gasteiger partial charge in [0.1, 0.15) is 23.5 Å². The highest BCUT2D eigenvalue weighted by atomic mass is 16.3. The Morgan fingerprint density at radius 1 is 1.02 bits per heavy atom. The van der Waals surface area contributed by atoms with Crippen LogP contribution in [-0.4, -0.2) is 82.0 Å². The summed E-state index contributed by atoms with van der Waals surface area (Å²) in [5.41, 5.74) is -0.673. The summed E-state index contributed by atoms with van der Waals surface area (Å²) < 4.78 is 0. The lowest BCUT2D eigenvalue weighted by atomic mass is 9.85. The molecular formula is C31H47N7O7. The summed E-state index contributed by atoms with van der Waals surface area (Å²) in [5.74, 6) is -3.59. The van der Waals surface area contributed by atoms with Crippen molar-refractivity contribution >= 4 is 41.0 Å². The molecule has 0 unspecified atom stereocenters. The van der Waals surface area contributed by atoms with Crippen molar-refractivity contribution in [2.45, 2.75) is 123 Å². The summed E-state index contributed by atoms with van der Waals surface area (Å²) in [5, 5.41) is 13.4. The summed E-state index contributed by atoms with van der Waals surface area (Å²) in [6, 6.07) is -1.93. The zero-order valence-corrected chi connectivity index (χ0v) is 26.9. The van der Waals surface area contributed by atoms with Gasteiger partial charge >= 0.3 is 0 Å². The molecule has 14 heteroatoms. The van der Waals surface area contributed by atoms with Gasteiger partial charge < -0.3 is 31.2 Å². The molecule has 1 aliphatic carbocycles. The second-order valence-corrected chi connectivity index (χ2v) is 13.0. The third kappa shape index (κ3) is 9.69. The number of Topliss-reactive ketones (excluding diaryl/α,β-unsaturated/α-hetero) is 1. The van der Waals surface area contributed by atoms with Gasteiger partial charge in [0.15, 0.2) is 0 Å². The zero-order chi connectivity index (χ0) is 33.3. The molecule has 0 radical (unpaired) electrons. The highest BCUT2D eigenvalue weighted by Crippen LogP contribution is 2.32. The predicted molar refractivity (Wildman–Crippen MR) is 166 cm³/mol. The number of amides is 5. The van der Waals surface area contributed by atoms with Gasteiger partial charge in [0.2, 0.25) is 23.5 Å². The second-order valence-electron chi connectivity index (χ2n) is 13.0. The van der Waals surface area contributed by atoms with Gasteiger partial charge in [0.05, 0.1) is 12.6 Å². The second kappa shape index (κ2) is 15.8. The van der Waals surface area contributed by atoms with E-state index in [-0.39, 0.29) is 29.9 Å². The predicted octanol–water partition coefficient (Wildman–Crippen LogP) is 2.36. The number of unbranched alkanes of at least 4 members (excludes halogenated alkanes) is 1. The fourth-order valence-electron chi connectivity index (χ4n) is 5.50. The number of nitrogens with zero attached hydrogens (tertiary/aromatic N) is 2. The monoisotopic (exact) mass is 629 g/mol. The number of ketones is 1. The molecule has 45 heavy (non-hydrogen) atoms. The van der Waals surface area contributed by atoms with E-state index >= 15 is 0 Å². The lowest BCUT2D eigenvalue weighted by molar-refractivity contribution is -0.146. The fourth-order valence-corrected chi connectivity index (χ4v) is 5.50. The number of aromatic amines is 1. The number of nitrogens with one attached hydrogen (secondary N) is 5. The lowest BCUT2D eigenvalue weighted by Gasteiger charge is -2.38. The van der Waals surface area contributed by atoms with Gasteiger partial charge in [0.25, 0.3) is 11.8 Å². The molecule has 248 valence electrons. The van der Waals surface area contributed by atoms with Crippen LogP contribution in [0.1, 0.15) is 103 Å². The van der Waals surface area contributed by atoms with Crippen LogP contribution in [0.4, 0.5) is 5.69 Å². The van der Waals surface area contributed by atoms with Gasteiger partial charge in [-0.25, -0.2) is 0 Å². The number of rotatable bonds is 16. The van der Waals surface area contributed by atoms with Crippen molar-refractivity contribution in [2.75, 3.05) is 6.54 Å². The van der Waals surface area contributed by atoms with Crippen molar-refractivity contribution in [3.63, 3.8) is 0 Å². The molecule has 14 nitrogen and oxygen atoms in total. The maximum atomic E-state index is 14.3. The van der Waals surface area contributed by atoms with Gasteiger partial charge in [0, 0.05) is 18.3 Å². The van der Waals surface area contributed by atoms with E-state index in [2.05, 4.69) is 31.4 Å². The van der Waals surface area contributed by atoms with Crippen molar-refractivity contribution < 1.29 is 28.8 Å². The van der Waals surface area contributed by atoms with Crippen LogP contribution in [0.25, 0.3) is 0 Å². The molecule has 2 heterocycles. The summed E-state index contributed by atoms with van der Waals surface area (Å²) >= 11 is 0. The number of carbonyl (C=O) groups is 6. The molecule has 0 bridgehead atoms. The summed E-state index contributed by atoms with van der Waals surface area (Å²) in [4.78, 5) is 93.6. The Balaban J connectivity index is 1.76. The first kappa shape index (κ1) is 35.4. The number of hydrogen-bond donors (Lipinski definition) is 5. The topological polar surface area (TPSA) is 199 Å². The molecule has 1 aromatic heterocycles. The molecule has 5 N–H and O–H groups in total. The molecule has 3 rings (SSSR count). The Labute approximate surface area is 263 Å². The zero-order valence-electron chi connectivity index (χ0n) is 26.9. The van der Waals surface area contributed by atoms with Crippen LogP contribution in [0.5, 0.6) is 0 Å². The number of hydrogen-bond acceptors (Lipinski definition) is 8. The van der Waals surface area contributed by atoms with E-state index in [9.17, 15) is 33.7 Å². The molecule has 5 amide bonds. The van der Waals surface area contributed by atoms with Crippen LogP contribution in [-0.2, 0) is 24.0 Å². The molecule has 4 atom stereocenters. The molecule has 1 aliphatic heterocycles. The van der Waals surface area contributed by atoms with Gasteiger partial charge in [-0.05, 0) is 55.2 Å². The summed E-state index contributed by atoms with van der Waals surface area (Å²) in [7, 11) is 0. The van der Waals surface area contributed by atoms with E-state index in [4.69, 9.17) is 0 Å². The van der Waals surface area contributed by atoms with Gasteiger partial charge in [-0.3, -0.25) is 28.8 Å². The molecule has 2 fully saturated rings. The SMILES string of the molecule is CCCC[C@H]1CC[C@@H](C(=O)N[C@@H](CCC)C(=O)C(=O)NC2CC2)N1C(=O)[C@@H](NC(=O)CNC(=O)c1cc(N=O)c[nH]1)C(C)(C)C. The Morgan fingerprint density at radius 2 is 1.73 bits per heavy atom. The highest BCUT2D eigenvalue weighted by Gasteiger charge is 2.46. The van der Waals surface area contributed by atoms with Crippen LogP contribution in [0.2, 0.25) is 0 Å². The van der Waals surface area contributed by atoms with Crippen LogP contribution in [0, 0.1) is 10.3 Å². The molecule has 1 saturated heterocycles. The Kier molecular flexibility index (Phi) is 12.4. The molecule has 1 aromatic rings. The average Bonchev–Trinajstić information content (AvgIpc) is 3.50. The maximum absolute atomic E-state index is 14.3. The third-order valence-corrected chi connectivity index (χ3v) is 8.14. The van der Waals surface area contributed by atoms with Crippen molar-refractivity contribution in [3.8, 4) is 0 Å².